The van der Waals surface area contributed by atoms with Crippen molar-refractivity contribution in [3.63, 3.8) is 0 Å². The highest BCUT2D eigenvalue weighted by Gasteiger charge is 2.14. The molecular weight excluding hydrogens is 403 g/mol. The molecule has 0 aliphatic heterocycles. The third-order valence-electron chi connectivity index (χ3n) is 4.00. The molecule has 136 valence electrons. The second-order valence-corrected chi connectivity index (χ2v) is 6.69. The van der Waals surface area contributed by atoms with Gasteiger partial charge >= 0.3 is 0 Å². The van der Waals surface area contributed by atoms with Crippen molar-refractivity contribution in [2.24, 2.45) is 0 Å². The molecule has 3 rings (SSSR count). The van der Waals surface area contributed by atoms with Crippen LogP contribution in [0.4, 0.5) is 4.39 Å². The van der Waals surface area contributed by atoms with Gasteiger partial charge in [0, 0.05) is 30.4 Å². The summed E-state index contributed by atoms with van der Waals surface area (Å²) in [5, 5.41) is 11.0. The average Bonchev–Trinajstić information content (AvgIpc) is 3.21. The summed E-state index contributed by atoms with van der Waals surface area (Å²) in [7, 11) is 0. The van der Waals surface area contributed by atoms with Crippen LogP contribution in [0.1, 0.15) is 28.3 Å². The summed E-state index contributed by atoms with van der Waals surface area (Å²) in [6.07, 6.45) is 0.739. The molecular formula is C18H18BrFN4O2. The largest absolute Gasteiger partial charge is 0.355 e. The third-order valence-corrected chi connectivity index (χ3v) is 5.14. The molecule has 1 aromatic carbocycles. The Morgan fingerprint density at radius 3 is 2.69 bits per heavy atom. The molecule has 0 unspecified atom stereocenters. The number of halogens is 2. The number of aryl methyl sites for hydroxylation is 2. The van der Waals surface area contributed by atoms with E-state index < -0.39 is 0 Å². The summed E-state index contributed by atoms with van der Waals surface area (Å²) in [6.45, 7) is 5.14. The van der Waals surface area contributed by atoms with Gasteiger partial charge in [-0.15, -0.1) is 0 Å². The summed E-state index contributed by atoms with van der Waals surface area (Å²) in [4.78, 5) is 12.2. The van der Waals surface area contributed by atoms with E-state index in [4.69, 9.17) is 4.52 Å². The molecule has 1 N–H and O–H groups in total. The van der Waals surface area contributed by atoms with Crippen LogP contribution in [0.5, 0.6) is 0 Å². The Balaban J connectivity index is 1.52. The van der Waals surface area contributed by atoms with Gasteiger partial charge in [-0.05, 0) is 60.5 Å². The van der Waals surface area contributed by atoms with E-state index in [2.05, 4.69) is 31.5 Å². The Kier molecular flexibility index (Phi) is 5.51. The number of aromatic nitrogens is 3. The fourth-order valence-electron chi connectivity index (χ4n) is 2.55. The first-order valence-electron chi connectivity index (χ1n) is 8.16. The van der Waals surface area contributed by atoms with Crippen LogP contribution in [-0.4, -0.2) is 27.4 Å². The predicted molar refractivity (Wildman–Crippen MR) is 98.2 cm³/mol. The van der Waals surface area contributed by atoms with Crippen LogP contribution in [-0.2, 0) is 6.54 Å². The smallest absolute Gasteiger partial charge is 0.273 e. The van der Waals surface area contributed by atoms with Crippen LogP contribution in [0, 0.1) is 19.7 Å². The molecule has 26 heavy (non-hydrogen) atoms. The summed E-state index contributed by atoms with van der Waals surface area (Å²) < 4.78 is 21.0. The van der Waals surface area contributed by atoms with Crippen LogP contribution in [0.25, 0.3) is 11.3 Å². The van der Waals surface area contributed by atoms with E-state index in [9.17, 15) is 9.18 Å². The lowest BCUT2D eigenvalue weighted by molar-refractivity contribution is 0.0943. The minimum absolute atomic E-state index is 0.193. The minimum Gasteiger partial charge on any atom is -0.355 e. The number of hydrogen-bond donors (Lipinski definition) is 1. The first kappa shape index (κ1) is 18.3. The van der Waals surface area contributed by atoms with Crippen LogP contribution < -0.4 is 5.32 Å². The second kappa shape index (κ2) is 7.82. The minimum atomic E-state index is -0.333. The number of nitrogens with zero attached hydrogens (tertiary/aromatic N) is 3. The fraction of sp³-hybridized carbons (Fsp3) is 0.278. The van der Waals surface area contributed by atoms with Gasteiger partial charge in [0.05, 0.1) is 10.2 Å². The molecule has 2 aromatic heterocycles. The van der Waals surface area contributed by atoms with Gasteiger partial charge in [0.2, 0.25) is 0 Å². The molecule has 0 fully saturated rings. The summed E-state index contributed by atoms with van der Waals surface area (Å²) in [6, 6.07) is 7.35. The fourth-order valence-corrected chi connectivity index (χ4v) is 2.83. The average molecular weight is 421 g/mol. The zero-order valence-corrected chi connectivity index (χ0v) is 16.0. The van der Waals surface area contributed by atoms with Crippen molar-refractivity contribution < 1.29 is 13.7 Å². The lowest BCUT2D eigenvalue weighted by Crippen LogP contribution is -2.25. The number of benzene rings is 1. The Labute approximate surface area is 158 Å². The topological polar surface area (TPSA) is 73.0 Å². The molecule has 1 amide bonds. The normalized spacial score (nSPS) is 10.9. The highest BCUT2D eigenvalue weighted by Crippen LogP contribution is 2.21. The number of nitrogens with one attached hydrogen (secondary N) is 1. The number of hydrogen-bond acceptors (Lipinski definition) is 4. The SMILES string of the molecule is Cc1nn(CCCNC(=O)c2cc(-c3ccc(F)cc3)on2)c(C)c1Br. The van der Waals surface area contributed by atoms with Crippen molar-refractivity contribution in [3.8, 4) is 11.3 Å². The summed E-state index contributed by atoms with van der Waals surface area (Å²) in [5.41, 5.74) is 2.86. The molecule has 0 aliphatic rings. The summed E-state index contributed by atoms with van der Waals surface area (Å²) >= 11 is 3.50. The lowest BCUT2D eigenvalue weighted by atomic mass is 10.1. The van der Waals surface area contributed by atoms with Crippen LogP contribution >= 0.6 is 15.9 Å². The van der Waals surface area contributed by atoms with Gasteiger partial charge in [-0.3, -0.25) is 9.48 Å². The van der Waals surface area contributed by atoms with Crippen molar-refractivity contribution in [1.82, 2.24) is 20.3 Å². The third kappa shape index (κ3) is 4.01. The van der Waals surface area contributed by atoms with Crippen molar-refractivity contribution in [3.05, 3.63) is 57.7 Å². The zero-order valence-electron chi connectivity index (χ0n) is 14.4. The standard InChI is InChI=1S/C18H18BrFN4O2/c1-11-17(19)12(2)24(22-11)9-3-8-21-18(25)15-10-16(26-23-15)13-4-6-14(20)7-5-13/h4-7,10H,3,8-9H2,1-2H3,(H,21,25). The van der Waals surface area contributed by atoms with Gasteiger partial charge in [0.15, 0.2) is 11.5 Å². The number of rotatable bonds is 6. The van der Waals surface area contributed by atoms with E-state index in [1.807, 2.05) is 18.5 Å². The Bertz CT molecular complexity index is 918. The van der Waals surface area contributed by atoms with Gasteiger partial charge in [0.25, 0.3) is 5.91 Å². The molecule has 0 atom stereocenters. The molecule has 0 radical (unpaired) electrons. The molecule has 0 aliphatic carbocycles. The molecule has 0 spiro atoms. The number of carbonyl (C=O) groups is 1. The maximum atomic E-state index is 13.0. The van der Waals surface area contributed by atoms with Crippen molar-refractivity contribution >= 4 is 21.8 Å². The Morgan fingerprint density at radius 2 is 2.04 bits per heavy atom. The van der Waals surface area contributed by atoms with E-state index in [1.54, 1.807) is 18.2 Å². The van der Waals surface area contributed by atoms with Crippen LogP contribution in [0.2, 0.25) is 0 Å². The first-order chi connectivity index (χ1) is 12.5. The molecule has 0 saturated heterocycles. The van der Waals surface area contributed by atoms with Crippen molar-refractivity contribution in [2.45, 2.75) is 26.8 Å². The number of amides is 1. The lowest BCUT2D eigenvalue weighted by Gasteiger charge is -2.05. The molecule has 0 saturated carbocycles. The molecule has 6 nitrogen and oxygen atoms in total. The monoisotopic (exact) mass is 420 g/mol. The van der Waals surface area contributed by atoms with E-state index in [1.165, 1.54) is 12.1 Å². The van der Waals surface area contributed by atoms with Crippen molar-refractivity contribution in [2.75, 3.05) is 6.54 Å². The van der Waals surface area contributed by atoms with E-state index in [0.717, 1.165) is 22.3 Å². The van der Waals surface area contributed by atoms with Gasteiger partial charge in [-0.25, -0.2) is 4.39 Å². The second-order valence-electron chi connectivity index (χ2n) is 5.90. The highest BCUT2D eigenvalue weighted by molar-refractivity contribution is 9.10. The maximum absolute atomic E-state index is 13.0. The predicted octanol–water partition coefficient (Wildman–Crippen LogP) is 3.88. The molecule has 3 aromatic rings. The quantitative estimate of drug-likeness (QED) is 0.614. The van der Waals surface area contributed by atoms with Crippen LogP contribution in [0.3, 0.4) is 0 Å². The maximum Gasteiger partial charge on any atom is 0.273 e. The Morgan fingerprint density at radius 1 is 1.31 bits per heavy atom. The van der Waals surface area contributed by atoms with Crippen LogP contribution in [0.15, 0.2) is 39.3 Å². The van der Waals surface area contributed by atoms with Gasteiger partial charge in [0.1, 0.15) is 5.82 Å². The molecule has 8 heteroatoms. The zero-order chi connectivity index (χ0) is 18.7. The van der Waals surface area contributed by atoms with E-state index in [-0.39, 0.29) is 17.4 Å². The van der Waals surface area contributed by atoms with E-state index >= 15 is 0 Å². The highest BCUT2D eigenvalue weighted by atomic mass is 79.9. The Hall–Kier alpha value is -2.48. The van der Waals surface area contributed by atoms with E-state index in [0.29, 0.717) is 24.4 Å². The van der Waals surface area contributed by atoms with Crippen molar-refractivity contribution in [1.29, 1.82) is 0 Å². The van der Waals surface area contributed by atoms with Gasteiger partial charge < -0.3 is 9.84 Å². The molecule has 2 heterocycles. The van der Waals surface area contributed by atoms with Gasteiger partial charge in [-0.1, -0.05) is 5.16 Å². The first-order valence-corrected chi connectivity index (χ1v) is 8.95. The van der Waals surface area contributed by atoms with Gasteiger partial charge in [-0.2, -0.15) is 5.10 Å². The molecule has 0 bridgehead atoms. The number of carbonyl (C=O) groups excluding carboxylic acids is 1. The summed E-state index contributed by atoms with van der Waals surface area (Å²) in [5.74, 6) is -0.222.